The van der Waals surface area contributed by atoms with E-state index in [-0.39, 0.29) is 5.41 Å². The number of nitrogens with one attached hydrogen (secondary N) is 1. The van der Waals surface area contributed by atoms with Crippen molar-refractivity contribution in [2.75, 3.05) is 39.4 Å². The lowest BCUT2D eigenvalue weighted by molar-refractivity contribution is -0.221. The number of benzene rings is 1. The van der Waals surface area contributed by atoms with Crippen molar-refractivity contribution in [3.8, 4) is 5.75 Å². The molecule has 6 fully saturated rings. The zero-order chi connectivity index (χ0) is 33.7. The Hall–Kier alpha value is -1.69. The molecule has 7 aliphatic rings. The van der Waals surface area contributed by atoms with Gasteiger partial charge in [-0.25, -0.2) is 0 Å². The third kappa shape index (κ3) is 4.68. The lowest BCUT2D eigenvalue weighted by atomic mass is 9.33. The molecule has 8 rings (SSSR count). The van der Waals surface area contributed by atoms with Gasteiger partial charge in [0, 0.05) is 37.1 Å². The van der Waals surface area contributed by atoms with E-state index < -0.39 is 0 Å². The summed E-state index contributed by atoms with van der Waals surface area (Å²) in [5, 5.41) is 4.37. The van der Waals surface area contributed by atoms with Crippen LogP contribution in [0.25, 0.3) is 5.57 Å². The summed E-state index contributed by atoms with van der Waals surface area (Å²) in [4.78, 5) is 13.6. The van der Waals surface area contributed by atoms with Crippen LogP contribution >= 0.6 is 0 Å². The topological polar surface area (TPSA) is 50.8 Å². The predicted molar refractivity (Wildman–Crippen MR) is 193 cm³/mol. The Kier molecular flexibility index (Phi) is 7.95. The Balaban J connectivity index is 1.05. The van der Waals surface area contributed by atoms with Crippen molar-refractivity contribution in [1.29, 1.82) is 0 Å². The molecule has 1 spiro atoms. The second-order valence-electron chi connectivity index (χ2n) is 19.7. The van der Waals surface area contributed by atoms with Gasteiger partial charge in [0.1, 0.15) is 5.75 Å². The molecule has 48 heavy (non-hydrogen) atoms. The van der Waals surface area contributed by atoms with Crippen LogP contribution in [-0.2, 0) is 9.53 Å². The fraction of sp³-hybridized carbons (Fsp3) is 0.791. The van der Waals surface area contributed by atoms with E-state index in [1.807, 2.05) is 12.1 Å². The van der Waals surface area contributed by atoms with Crippen molar-refractivity contribution in [1.82, 2.24) is 10.2 Å². The zero-order valence-electron chi connectivity index (χ0n) is 31.2. The van der Waals surface area contributed by atoms with Crippen LogP contribution in [0.2, 0.25) is 0 Å². The summed E-state index contributed by atoms with van der Waals surface area (Å²) in [6, 6.07) is 8.22. The maximum Gasteiger partial charge on any atom is 0.298 e. The molecule has 0 aromatic heterocycles. The Labute approximate surface area is 291 Å². The van der Waals surface area contributed by atoms with E-state index in [0.29, 0.717) is 45.3 Å². The van der Waals surface area contributed by atoms with Crippen molar-refractivity contribution in [2.45, 2.75) is 112 Å². The predicted octanol–water partition coefficient (Wildman–Crippen LogP) is 8.63. The maximum absolute atomic E-state index is 10.9. The fourth-order valence-corrected chi connectivity index (χ4v) is 14.7. The first-order chi connectivity index (χ1) is 22.8. The molecule has 0 amide bonds. The molecular formula is C43H64N2O3. The van der Waals surface area contributed by atoms with Gasteiger partial charge in [-0.15, -0.1) is 0 Å². The van der Waals surface area contributed by atoms with E-state index >= 15 is 0 Å². The highest BCUT2D eigenvalue weighted by Crippen LogP contribution is 2.76. The molecule has 5 heteroatoms. The Morgan fingerprint density at radius 1 is 0.917 bits per heavy atom. The van der Waals surface area contributed by atoms with Gasteiger partial charge in [0.05, 0.1) is 13.2 Å². The zero-order valence-corrected chi connectivity index (χ0v) is 31.2. The van der Waals surface area contributed by atoms with E-state index in [4.69, 9.17) is 9.47 Å². The summed E-state index contributed by atoms with van der Waals surface area (Å²) in [5.74, 6) is 5.28. The molecule has 264 valence electrons. The molecule has 4 saturated carbocycles. The monoisotopic (exact) mass is 656 g/mol. The summed E-state index contributed by atoms with van der Waals surface area (Å²) in [6.45, 7) is 25.7. The number of allylic oxidation sites excluding steroid dienone is 2. The van der Waals surface area contributed by atoms with Gasteiger partial charge in [0.25, 0.3) is 6.47 Å². The minimum absolute atomic E-state index is 0.0979. The fourth-order valence-electron chi connectivity index (χ4n) is 14.7. The number of likely N-dealkylation sites (tertiary alicyclic amines) is 1. The molecule has 0 bridgehead atoms. The van der Waals surface area contributed by atoms with Crippen molar-refractivity contribution < 1.29 is 14.3 Å². The van der Waals surface area contributed by atoms with Gasteiger partial charge in [-0.05, 0) is 138 Å². The molecule has 9 atom stereocenters. The normalized spacial score (nSPS) is 44.0. The van der Waals surface area contributed by atoms with E-state index in [1.165, 1.54) is 88.6 Å². The van der Waals surface area contributed by atoms with E-state index in [1.54, 1.807) is 0 Å². The number of ether oxygens (including phenoxy) is 2. The number of hydrogen-bond acceptors (Lipinski definition) is 5. The van der Waals surface area contributed by atoms with Crippen LogP contribution in [0.5, 0.6) is 5.75 Å². The highest BCUT2D eigenvalue weighted by atomic mass is 16.5. The van der Waals surface area contributed by atoms with Gasteiger partial charge < -0.3 is 19.7 Å². The number of nitrogens with zero attached hydrogens (tertiary/aromatic N) is 1. The Morgan fingerprint density at radius 2 is 1.67 bits per heavy atom. The van der Waals surface area contributed by atoms with Crippen LogP contribution in [0, 0.1) is 62.6 Å². The van der Waals surface area contributed by atoms with Crippen LogP contribution in [0.4, 0.5) is 0 Å². The highest BCUT2D eigenvalue weighted by molar-refractivity contribution is 5.72. The van der Waals surface area contributed by atoms with Gasteiger partial charge >= 0.3 is 0 Å². The average Bonchev–Trinajstić information content (AvgIpc) is 3.38. The number of carbonyl (C=O) groups is 1. The molecule has 2 saturated heterocycles. The van der Waals surface area contributed by atoms with Crippen LogP contribution in [0.1, 0.15) is 112 Å². The Morgan fingerprint density at radius 3 is 2.33 bits per heavy atom. The second-order valence-corrected chi connectivity index (χ2v) is 19.7. The first kappa shape index (κ1) is 33.5. The number of fused-ring (bicyclic) bond motifs is 7. The van der Waals surface area contributed by atoms with E-state index in [9.17, 15) is 4.79 Å². The first-order valence-corrected chi connectivity index (χ1v) is 19.8. The van der Waals surface area contributed by atoms with Crippen molar-refractivity contribution in [2.24, 2.45) is 62.6 Å². The lowest BCUT2D eigenvalue weighted by Crippen LogP contribution is -2.69. The molecule has 2 aliphatic heterocycles. The third-order valence-electron chi connectivity index (χ3n) is 17.1. The SMILES string of the molecule is CC(C)[C@@H]1CC[C@]2(NCCN3CC4(COC4)C3)CC[C@]3(C)[C@H](CC[C@@H]4[C@@]5(C)CC=C(c6ccc(OC=O)cc6)C(C)(C)[C@@H]5CC[C@]43C)[C@@H]12. The maximum atomic E-state index is 10.9. The van der Waals surface area contributed by atoms with Crippen LogP contribution < -0.4 is 10.1 Å². The van der Waals surface area contributed by atoms with Crippen molar-refractivity contribution in [3.05, 3.63) is 35.9 Å². The standard InChI is InChI=1S/C43H64N2O3/c1-29(2)32-14-19-43(44-22-23-45-24-42(25-45)26-47-27-42)21-20-40(6)34(37(32)43)12-13-36-39(5)17-15-33(30-8-10-31(11-9-30)48-28-46)38(3,4)35(39)16-18-41(36,40)7/h8-11,15,28-29,32,34-37,44H,12-14,16-27H2,1-7H3/t32-,34+,35-,36+,37+,39-,40+,41+,43-/m0/s1. The van der Waals surface area contributed by atoms with Crippen LogP contribution in [0.3, 0.4) is 0 Å². The van der Waals surface area contributed by atoms with Gasteiger partial charge in [-0.3, -0.25) is 4.79 Å². The molecule has 1 N–H and O–H groups in total. The number of carbonyl (C=O) groups excluding carboxylic acids is 1. The summed E-state index contributed by atoms with van der Waals surface area (Å²) in [7, 11) is 0. The smallest absolute Gasteiger partial charge is 0.298 e. The summed E-state index contributed by atoms with van der Waals surface area (Å²) >= 11 is 0. The summed E-state index contributed by atoms with van der Waals surface area (Å²) in [5.41, 5.74) is 4.80. The van der Waals surface area contributed by atoms with Crippen LogP contribution in [-0.4, -0.2) is 56.3 Å². The first-order valence-electron chi connectivity index (χ1n) is 19.8. The number of hydrogen-bond donors (Lipinski definition) is 1. The largest absolute Gasteiger partial charge is 0.429 e. The second kappa shape index (κ2) is 11.4. The van der Waals surface area contributed by atoms with Gasteiger partial charge in [0.2, 0.25) is 0 Å². The summed E-state index contributed by atoms with van der Waals surface area (Å²) < 4.78 is 10.7. The molecule has 0 unspecified atom stereocenters. The molecule has 1 aromatic rings. The van der Waals surface area contributed by atoms with Gasteiger partial charge in [0.15, 0.2) is 0 Å². The minimum atomic E-state index is 0.0979. The average molecular weight is 657 g/mol. The molecular weight excluding hydrogens is 592 g/mol. The quantitative estimate of drug-likeness (QED) is 0.284. The van der Waals surface area contributed by atoms with Crippen molar-refractivity contribution >= 4 is 12.0 Å². The van der Waals surface area contributed by atoms with Gasteiger partial charge in [-0.1, -0.05) is 66.7 Å². The Bertz CT molecular complexity index is 1420. The third-order valence-corrected chi connectivity index (χ3v) is 17.1. The molecule has 5 aliphatic carbocycles. The van der Waals surface area contributed by atoms with Gasteiger partial charge in [-0.2, -0.15) is 0 Å². The highest BCUT2D eigenvalue weighted by Gasteiger charge is 2.70. The molecule has 2 heterocycles. The molecule has 1 aromatic carbocycles. The lowest BCUT2D eigenvalue weighted by Gasteiger charge is -2.72. The van der Waals surface area contributed by atoms with Crippen LogP contribution in [0.15, 0.2) is 30.3 Å². The van der Waals surface area contributed by atoms with E-state index in [2.05, 4.69) is 76.9 Å². The minimum Gasteiger partial charge on any atom is -0.429 e. The van der Waals surface area contributed by atoms with E-state index in [0.717, 1.165) is 49.3 Å². The summed E-state index contributed by atoms with van der Waals surface area (Å²) in [6.07, 6.45) is 14.9. The molecule has 0 radical (unpaired) electrons. The van der Waals surface area contributed by atoms with Crippen molar-refractivity contribution in [3.63, 3.8) is 0 Å². The molecule has 5 nitrogen and oxygen atoms in total. The number of rotatable bonds is 8.